The average Bonchev–Trinajstić information content (AvgIpc) is 3.23. The highest BCUT2D eigenvalue weighted by molar-refractivity contribution is 6.12. The maximum absolute atomic E-state index is 13.5. The molecule has 0 spiro atoms. The Morgan fingerprint density at radius 2 is 1.61 bits per heavy atom. The van der Waals surface area contributed by atoms with E-state index in [0.29, 0.717) is 16.8 Å². The third-order valence-electron chi connectivity index (χ3n) is 6.01. The van der Waals surface area contributed by atoms with E-state index in [9.17, 15) is 4.79 Å². The number of hydrogen-bond acceptors (Lipinski definition) is 2. The van der Waals surface area contributed by atoms with Crippen LogP contribution in [-0.2, 0) is 12.8 Å². The van der Waals surface area contributed by atoms with E-state index < -0.39 is 0 Å². The van der Waals surface area contributed by atoms with Gasteiger partial charge in [-0.2, -0.15) is 0 Å². The molecule has 2 aromatic heterocycles. The van der Waals surface area contributed by atoms with Crippen LogP contribution in [0.15, 0.2) is 85.4 Å². The van der Waals surface area contributed by atoms with Gasteiger partial charge in [0.2, 0.25) is 0 Å². The maximum atomic E-state index is 13.5. The lowest BCUT2D eigenvalue weighted by Crippen LogP contribution is -2.08. The predicted octanol–water partition coefficient (Wildman–Crippen LogP) is 6.43. The lowest BCUT2D eigenvalue weighted by molar-refractivity contribution is 0.103. The van der Waals surface area contributed by atoms with E-state index in [2.05, 4.69) is 17.2 Å². The Kier molecular flexibility index (Phi) is 5.09. The van der Waals surface area contributed by atoms with Crippen LogP contribution in [0, 0.1) is 0 Å². The van der Waals surface area contributed by atoms with E-state index in [4.69, 9.17) is 4.98 Å². The minimum Gasteiger partial charge on any atom is -0.319 e. The van der Waals surface area contributed by atoms with Gasteiger partial charge in [-0.1, -0.05) is 67.2 Å². The quantitative estimate of drug-likeness (QED) is 0.359. The SMILES string of the molecule is C=Cn1c(-c2nc(-c3ccccc3)ccc2C(=O)c2ccccc2)cc2c1CCCC2. The molecule has 5 rings (SSSR count). The molecule has 0 unspecified atom stereocenters. The average molecular weight is 405 g/mol. The van der Waals surface area contributed by atoms with Gasteiger partial charge in [0, 0.05) is 23.0 Å². The van der Waals surface area contributed by atoms with Gasteiger partial charge in [0.25, 0.3) is 0 Å². The van der Waals surface area contributed by atoms with Crippen molar-refractivity contribution in [1.82, 2.24) is 9.55 Å². The zero-order valence-electron chi connectivity index (χ0n) is 17.4. The second kappa shape index (κ2) is 8.19. The van der Waals surface area contributed by atoms with E-state index in [0.717, 1.165) is 29.8 Å². The number of fused-ring (bicyclic) bond motifs is 1. The minimum absolute atomic E-state index is 0.0162. The Bertz CT molecular complexity index is 1250. The molecule has 0 bridgehead atoms. The number of benzene rings is 2. The first-order valence-corrected chi connectivity index (χ1v) is 10.8. The zero-order valence-corrected chi connectivity index (χ0v) is 17.4. The number of hydrogen-bond donors (Lipinski definition) is 0. The van der Waals surface area contributed by atoms with Crippen LogP contribution >= 0.6 is 0 Å². The first-order valence-electron chi connectivity index (χ1n) is 10.8. The van der Waals surface area contributed by atoms with Crippen molar-refractivity contribution in [1.29, 1.82) is 0 Å². The molecule has 0 saturated heterocycles. The maximum Gasteiger partial charge on any atom is 0.195 e. The van der Waals surface area contributed by atoms with Crippen molar-refractivity contribution in [2.45, 2.75) is 25.7 Å². The molecule has 3 heteroatoms. The number of carbonyl (C=O) groups excluding carboxylic acids is 1. The van der Waals surface area contributed by atoms with Crippen molar-refractivity contribution in [3.05, 3.63) is 108 Å². The Hall–Kier alpha value is -3.72. The molecule has 3 nitrogen and oxygen atoms in total. The van der Waals surface area contributed by atoms with Crippen molar-refractivity contribution in [2.75, 3.05) is 0 Å². The summed E-state index contributed by atoms with van der Waals surface area (Å²) in [6, 6.07) is 25.6. The number of nitrogens with zero attached hydrogens (tertiary/aromatic N) is 2. The summed E-state index contributed by atoms with van der Waals surface area (Å²) in [7, 11) is 0. The molecular formula is C28H24N2O. The van der Waals surface area contributed by atoms with Gasteiger partial charge in [0.05, 0.1) is 22.6 Å². The van der Waals surface area contributed by atoms with Crippen molar-refractivity contribution < 1.29 is 4.79 Å². The van der Waals surface area contributed by atoms with Crippen LogP contribution in [0.1, 0.15) is 40.0 Å². The van der Waals surface area contributed by atoms with Crippen molar-refractivity contribution in [2.24, 2.45) is 0 Å². The van der Waals surface area contributed by atoms with Crippen molar-refractivity contribution in [3.63, 3.8) is 0 Å². The molecule has 0 N–H and O–H groups in total. The second-order valence-electron chi connectivity index (χ2n) is 7.92. The Morgan fingerprint density at radius 3 is 2.35 bits per heavy atom. The van der Waals surface area contributed by atoms with Gasteiger partial charge in [-0.05, 0) is 49.4 Å². The molecule has 0 atom stereocenters. The largest absolute Gasteiger partial charge is 0.319 e. The van der Waals surface area contributed by atoms with Gasteiger partial charge >= 0.3 is 0 Å². The Labute approximate surface area is 182 Å². The molecular weight excluding hydrogens is 380 g/mol. The fraction of sp³-hybridized carbons (Fsp3) is 0.143. The Morgan fingerprint density at radius 1 is 0.903 bits per heavy atom. The van der Waals surface area contributed by atoms with Crippen LogP contribution in [0.25, 0.3) is 28.8 Å². The van der Waals surface area contributed by atoms with Crippen LogP contribution in [-0.4, -0.2) is 15.3 Å². The molecule has 0 saturated carbocycles. The van der Waals surface area contributed by atoms with Gasteiger partial charge in [-0.3, -0.25) is 4.79 Å². The normalized spacial score (nSPS) is 12.9. The first-order chi connectivity index (χ1) is 15.3. The van der Waals surface area contributed by atoms with Gasteiger partial charge < -0.3 is 4.57 Å². The summed E-state index contributed by atoms with van der Waals surface area (Å²) >= 11 is 0. The summed E-state index contributed by atoms with van der Waals surface area (Å²) in [5.74, 6) is -0.0162. The monoisotopic (exact) mass is 404 g/mol. The Balaban J connectivity index is 1.73. The molecule has 2 heterocycles. The summed E-state index contributed by atoms with van der Waals surface area (Å²) < 4.78 is 2.13. The molecule has 2 aromatic carbocycles. The second-order valence-corrected chi connectivity index (χ2v) is 7.92. The fourth-order valence-corrected chi connectivity index (χ4v) is 4.47. The van der Waals surface area contributed by atoms with E-state index >= 15 is 0 Å². The van der Waals surface area contributed by atoms with Gasteiger partial charge in [0.1, 0.15) is 0 Å². The molecule has 1 aliphatic rings. The number of aromatic nitrogens is 2. The number of rotatable bonds is 5. The van der Waals surface area contributed by atoms with Crippen LogP contribution in [0.3, 0.4) is 0 Å². The van der Waals surface area contributed by atoms with Gasteiger partial charge in [0.15, 0.2) is 5.78 Å². The lowest BCUT2D eigenvalue weighted by atomic mass is 9.97. The molecule has 152 valence electrons. The van der Waals surface area contributed by atoms with Gasteiger partial charge in [-0.15, -0.1) is 0 Å². The standard InChI is InChI=1S/C28H24N2O/c1-2-30-25-16-10-9-15-22(25)19-26(30)27-23(28(31)21-13-7-4-8-14-21)17-18-24(29-27)20-11-5-3-6-12-20/h2-8,11-14,17-19H,1,9-10,15-16H2. The van der Waals surface area contributed by atoms with Crippen LogP contribution in [0.4, 0.5) is 0 Å². The fourth-order valence-electron chi connectivity index (χ4n) is 4.47. The summed E-state index contributed by atoms with van der Waals surface area (Å²) in [6.07, 6.45) is 6.32. The third kappa shape index (κ3) is 3.53. The smallest absolute Gasteiger partial charge is 0.195 e. The van der Waals surface area contributed by atoms with E-state index in [1.807, 2.05) is 79.0 Å². The summed E-state index contributed by atoms with van der Waals surface area (Å²) in [6.45, 7) is 4.06. The molecule has 0 fully saturated rings. The van der Waals surface area contributed by atoms with Crippen LogP contribution in [0.2, 0.25) is 0 Å². The highest BCUT2D eigenvalue weighted by Gasteiger charge is 2.23. The topological polar surface area (TPSA) is 34.9 Å². The van der Waals surface area contributed by atoms with Crippen LogP contribution < -0.4 is 0 Å². The van der Waals surface area contributed by atoms with E-state index in [-0.39, 0.29) is 5.78 Å². The lowest BCUT2D eigenvalue weighted by Gasteiger charge is -2.15. The molecule has 0 amide bonds. The highest BCUT2D eigenvalue weighted by Crippen LogP contribution is 2.34. The minimum atomic E-state index is -0.0162. The van der Waals surface area contributed by atoms with Gasteiger partial charge in [-0.25, -0.2) is 4.98 Å². The van der Waals surface area contributed by atoms with Crippen LogP contribution in [0.5, 0.6) is 0 Å². The number of carbonyl (C=O) groups is 1. The van der Waals surface area contributed by atoms with Crippen molar-refractivity contribution >= 4 is 12.0 Å². The first kappa shape index (κ1) is 19.3. The third-order valence-corrected chi connectivity index (χ3v) is 6.01. The van der Waals surface area contributed by atoms with E-state index in [1.165, 1.54) is 24.1 Å². The summed E-state index contributed by atoms with van der Waals surface area (Å²) in [5, 5.41) is 0. The summed E-state index contributed by atoms with van der Waals surface area (Å²) in [5.41, 5.74) is 7.46. The molecule has 0 radical (unpaired) electrons. The zero-order chi connectivity index (χ0) is 21.2. The van der Waals surface area contributed by atoms with E-state index in [1.54, 1.807) is 0 Å². The molecule has 31 heavy (non-hydrogen) atoms. The molecule has 4 aromatic rings. The predicted molar refractivity (Wildman–Crippen MR) is 126 cm³/mol. The molecule has 0 aliphatic heterocycles. The van der Waals surface area contributed by atoms with Crippen molar-refractivity contribution in [3.8, 4) is 22.6 Å². The number of aryl methyl sites for hydroxylation is 1. The number of ketones is 1. The number of pyridine rings is 1. The molecule has 1 aliphatic carbocycles. The highest BCUT2D eigenvalue weighted by atomic mass is 16.1. The summed E-state index contributed by atoms with van der Waals surface area (Å²) in [4.78, 5) is 18.5.